The Balaban J connectivity index is 1.25. The lowest BCUT2D eigenvalue weighted by atomic mass is 9.84. The summed E-state index contributed by atoms with van der Waals surface area (Å²) >= 11 is 0. The zero-order chi connectivity index (χ0) is 26.6. The molecule has 38 heavy (non-hydrogen) atoms. The van der Waals surface area contributed by atoms with Crippen LogP contribution in [0.2, 0.25) is 0 Å². The number of anilines is 2. The number of ether oxygens (including phenoxy) is 2. The molecule has 0 spiro atoms. The average molecular weight is 520 g/mol. The van der Waals surface area contributed by atoms with E-state index in [0.717, 1.165) is 11.1 Å². The number of rotatable bonds is 7. The molecule has 0 unspecified atom stereocenters. The molecule has 0 radical (unpaired) electrons. The first-order valence-corrected chi connectivity index (χ1v) is 12.6. The maximum absolute atomic E-state index is 13.9. The van der Waals surface area contributed by atoms with Gasteiger partial charge in [0.2, 0.25) is 5.91 Å². The topological polar surface area (TPSA) is 109 Å². The van der Waals surface area contributed by atoms with Gasteiger partial charge in [0, 0.05) is 17.2 Å². The second kappa shape index (κ2) is 11.2. The predicted molar refractivity (Wildman–Crippen MR) is 141 cm³/mol. The lowest BCUT2D eigenvalue weighted by molar-refractivity contribution is -0.142. The van der Waals surface area contributed by atoms with Crippen LogP contribution in [0.3, 0.4) is 0 Å². The molecule has 198 valence electrons. The number of urea groups is 1. The standard InChI is InChI=1S/C29H30FN3O5/c1-17(18-7-3-2-4-8-18)31-27(35)15-20-14-22-21-13-19(11-12-25(21)38-28(22)26(16-34)37-20)32-29(36)33-24-10-6-5-9-23(24)30/h2-13,17,20,22,26,28,34H,14-16H2,1H3,(H,31,35)(H2,32,33,36)/t17-,20+,22-,26-,28+/m1/s1. The van der Waals surface area contributed by atoms with Crippen molar-refractivity contribution in [2.75, 3.05) is 17.2 Å². The van der Waals surface area contributed by atoms with Gasteiger partial charge in [-0.15, -0.1) is 0 Å². The van der Waals surface area contributed by atoms with Gasteiger partial charge in [0.25, 0.3) is 0 Å². The first kappa shape index (κ1) is 25.7. The number of hydrogen-bond donors (Lipinski definition) is 4. The van der Waals surface area contributed by atoms with Gasteiger partial charge in [0.15, 0.2) is 0 Å². The summed E-state index contributed by atoms with van der Waals surface area (Å²) in [6.07, 6.45) is -0.736. The van der Waals surface area contributed by atoms with Gasteiger partial charge in [-0.1, -0.05) is 42.5 Å². The number of amides is 3. The number of aliphatic hydroxyl groups excluding tert-OH is 1. The molecule has 5 atom stereocenters. The summed E-state index contributed by atoms with van der Waals surface area (Å²) in [5, 5.41) is 18.2. The largest absolute Gasteiger partial charge is 0.487 e. The maximum atomic E-state index is 13.9. The van der Waals surface area contributed by atoms with Gasteiger partial charge >= 0.3 is 6.03 Å². The van der Waals surface area contributed by atoms with E-state index in [1.54, 1.807) is 24.3 Å². The molecule has 5 rings (SSSR count). The molecular weight excluding hydrogens is 489 g/mol. The van der Waals surface area contributed by atoms with Crippen LogP contribution in [0.25, 0.3) is 0 Å². The van der Waals surface area contributed by atoms with Gasteiger partial charge < -0.3 is 30.5 Å². The zero-order valence-electron chi connectivity index (χ0n) is 20.9. The van der Waals surface area contributed by atoms with Crippen LogP contribution >= 0.6 is 0 Å². The van der Waals surface area contributed by atoms with Crippen LogP contribution in [-0.4, -0.2) is 42.0 Å². The Morgan fingerprint density at radius 2 is 1.82 bits per heavy atom. The number of para-hydroxylation sites is 1. The number of halogens is 1. The third kappa shape index (κ3) is 5.64. The minimum Gasteiger partial charge on any atom is -0.487 e. The third-order valence-corrected chi connectivity index (χ3v) is 6.97. The highest BCUT2D eigenvalue weighted by atomic mass is 19.1. The Labute approximate surface area is 220 Å². The second-order valence-electron chi connectivity index (χ2n) is 9.62. The van der Waals surface area contributed by atoms with Crippen LogP contribution in [0.5, 0.6) is 5.75 Å². The molecule has 4 N–H and O–H groups in total. The number of carbonyl (C=O) groups is 2. The van der Waals surface area contributed by atoms with Crippen molar-refractivity contribution in [3.63, 3.8) is 0 Å². The number of carbonyl (C=O) groups excluding carboxylic acids is 2. The van der Waals surface area contributed by atoms with Crippen molar-refractivity contribution in [1.29, 1.82) is 0 Å². The lowest BCUT2D eigenvalue weighted by Crippen LogP contribution is -2.47. The smallest absolute Gasteiger partial charge is 0.323 e. The molecule has 0 bridgehead atoms. The molecule has 2 aliphatic heterocycles. The number of nitrogens with one attached hydrogen (secondary N) is 3. The quantitative estimate of drug-likeness (QED) is 0.361. The summed E-state index contributed by atoms with van der Waals surface area (Å²) in [5.41, 5.74) is 2.46. The van der Waals surface area contributed by atoms with Crippen molar-refractivity contribution in [2.45, 2.75) is 50.0 Å². The molecular formula is C29H30FN3O5. The molecule has 0 aliphatic carbocycles. The highest BCUT2D eigenvalue weighted by Gasteiger charge is 2.46. The van der Waals surface area contributed by atoms with Gasteiger partial charge in [-0.2, -0.15) is 0 Å². The number of benzene rings is 3. The van der Waals surface area contributed by atoms with Crippen molar-refractivity contribution >= 4 is 23.3 Å². The van der Waals surface area contributed by atoms with Gasteiger partial charge in [-0.05, 0) is 49.2 Å². The summed E-state index contributed by atoms with van der Waals surface area (Å²) < 4.78 is 26.0. The Morgan fingerprint density at radius 3 is 2.58 bits per heavy atom. The summed E-state index contributed by atoms with van der Waals surface area (Å²) in [6, 6.07) is 20.2. The van der Waals surface area contributed by atoms with Gasteiger partial charge in [-0.25, -0.2) is 9.18 Å². The van der Waals surface area contributed by atoms with E-state index in [4.69, 9.17) is 9.47 Å². The van der Waals surface area contributed by atoms with Crippen LogP contribution in [-0.2, 0) is 9.53 Å². The molecule has 1 saturated heterocycles. The Bertz CT molecular complexity index is 1300. The monoisotopic (exact) mass is 519 g/mol. The molecule has 0 aromatic heterocycles. The van der Waals surface area contributed by atoms with Crippen LogP contribution in [0, 0.1) is 5.82 Å². The zero-order valence-corrected chi connectivity index (χ0v) is 20.9. The third-order valence-electron chi connectivity index (χ3n) is 6.97. The average Bonchev–Trinajstić information content (AvgIpc) is 3.28. The first-order valence-electron chi connectivity index (χ1n) is 12.6. The van der Waals surface area contributed by atoms with Gasteiger partial charge in [-0.3, -0.25) is 4.79 Å². The van der Waals surface area contributed by atoms with Gasteiger partial charge in [0.05, 0.1) is 30.9 Å². The lowest BCUT2D eigenvalue weighted by Gasteiger charge is -2.37. The number of fused-ring (bicyclic) bond motifs is 3. The van der Waals surface area contributed by atoms with E-state index in [2.05, 4.69) is 16.0 Å². The maximum Gasteiger partial charge on any atom is 0.323 e. The number of hydrogen-bond acceptors (Lipinski definition) is 5. The molecule has 1 fully saturated rings. The van der Waals surface area contributed by atoms with E-state index in [0.29, 0.717) is 17.9 Å². The van der Waals surface area contributed by atoms with E-state index in [-0.39, 0.29) is 36.6 Å². The fourth-order valence-corrected chi connectivity index (χ4v) is 5.15. The van der Waals surface area contributed by atoms with Crippen molar-refractivity contribution in [1.82, 2.24) is 5.32 Å². The second-order valence-corrected chi connectivity index (χ2v) is 9.62. The fourth-order valence-electron chi connectivity index (χ4n) is 5.15. The fraction of sp³-hybridized carbons (Fsp3) is 0.310. The predicted octanol–water partition coefficient (Wildman–Crippen LogP) is 4.73. The van der Waals surface area contributed by atoms with E-state index in [1.165, 1.54) is 12.1 Å². The van der Waals surface area contributed by atoms with Crippen molar-refractivity contribution in [3.8, 4) is 5.75 Å². The molecule has 8 nitrogen and oxygen atoms in total. The first-order chi connectivity index (χ1) is 18.4. The summed E-state index contributed by atoms with van der Waals surface area (Å²) in [5.74, 6) is -0.152. The molecule has 9 heteroatoms. The summed E-state index contributed by atoms with van der Waals surface area (Å²) in [7, 11) is 0. The van der Waals surface area contributed by atoms with E-state index < -0.39 is 30.2 Å². The Hall–Kier alpha value is -3.95. The van der Waals surface area contributed by atoms with Crippen LogP contribution in [0.15, 0.2) is 72.8 Å². The minimum atomic E-state index is -0.591. The van der Waals surface area contributed by atoms with E-state index in [9.17, 15) is 19.1 Å². The van der Waals surface area contributed by atoms with Crippen molar-refractivity contribution in [3.05, 3.63) is 89.7 Å². The van der Waals surface area contributed by atoms with Crippen LogP contribution < -0.4 is 20.7 Å². The van der Waals surface area contributed by atoms with Crippen LogP contribution in [0.1, 0.15) is 42.9 Å². The highest BCUT2D eigenvalue weighted by molar-refractivity contribution is 6.00. The number of aliphatic hydroxyl groups is 1. The molecule has 2 aliphatic rings. The highest BCUT2D eigenvalue weighted by Crippen LogP contribution is 2.47. The van der Waals surface area contributed by atoms with Crippen molar-refractivity contribution < 1.29 is 28.6 Å². The SMILES string of the molecule is C[C@@H](NC(=O)C[C@@H]1C[C@@H]2c3cc(NC(=O)Nc4ccccc4F)ccc3O[C@@H]2[C@@H](CO)O1)c1ccccc1. The van der Waals surface area contributed by atoms with E-state index in [1.807, 2.05) is 43.3 Å². The molecule has 3 amide bonds. The van der Waals surface area contributed by atoms with Crippen molar-refractivity contribution in [2.24, 2.45) is 0 Å². The summed E-state index contributed by atoms with van der Waals surface area (Å²) in [6.45, 7) is 1.68. The van der Waals surface area contributed by atoms with E-state index >= 15 is 0 Å². The molecule has 2 heterocycles. The molecule has 3 aromatic rings. The Morgan fingerprint density at radius 1 is 1.05 bits per heavy atom. The van der Waals surface area contributed by atoms with Gasteiger partial charge in [0.1, 0.15) is 23.8 Å². The van der Waals surface area contributed by atoms with Crippen LogP contribution in [0.4, 0.5) is 20.6 Å². The summed E-state index contributed by atoms with van der Waals surface area (Å²) in [4.78, 5) is 25.3. The molecule has 0 saturated carbocycles. The Kier molecular flexibility index (Phi) is 7.57. The molecule has 3 aromatic carbocycles. The normalized spacial score (nSPS) is 22.4. The minimum absolute atomic E-state index is 0.0764.